The number of halogens is 2. The molecule has 3 aromatic rings. The highest BCUT2D eigenvalue weighted by Crippen LogP contribution is 2.31. The molecule has 4 heteroatoms. The fourth-order valence-electron chi connectivity index (χ4n) is 3.00. The Morgan fingerprint density at radius 3 is 2.32 bits per heavy atom. The van der Waals surface area contributed by atoms with Crippen molar-refractivity contribution in [2.24, 2.45) is 0 Å². The third kappa shape index (κ3) is 4.45. The lowest BCUT2D eigenvalue weighted by molar-refractivity contribution is 0.314. The van der Waals surface area contributed by atoms with Crippen molar-refractivity contribution in [2.45, 2.75) is 26.7 Å². The summed E-state index contributed by atoms with van der Waals surface area (Å²) in [6, 6.07) is 14.3. The minimum absolute atomic E-state index is 0.0703. The SMILES string of the molecule is CC=CCCc1ccc(-c2ccc(-c3ccc(OCC)c(F)c3F)cc2)nc1. The van der Waals surface area contributed by atoms with E-state index in [0.717, 1.165) is 24.1 Å². The van der Waals surface area contributed by atoms with E-state index in [4.69, 9.17) is 4.74 Å². The Bertz CT molecular complexity index is 948. The van der Waals surface area contributed by atoms with Gasteiger partial charge in [-0.2, -0.15) is 4.39 Å². The van der Waals surface area contributed by atoms with E-state index in [9.17, 15) is 8.78 Å². The molecule has 0 N–H and O–H groups in total. The van der Waals surface area contributed by atoms with Gasteiger partial charge >= 0.3 is 0 Å². The third-order valence-electron chi connectivity index (χ3n) is 4.50. The molecule has 2 nitrogen and oxygen atoms in total. The Labute approximate surface area is 164 Å². The van der Waals surface area contributed by atoms with Gasteiger partial charge in [0.25, 0.3) is 0 Å². The van der Waals surface area contributed by atoms with Crippen LogP contribution in [0.25, 0.3) is 22.4 Å². The van der Waals surface area contributed by atoms with Crippen LogP contribution in [0.5, 0.6) is 5.75 Å². The van der Waals surface area contributed by atoms with Gasteiger partial charge in [-0.15, -0.1) is 0 Å². The monoisotopic (exact) mass is 379 g/mol. The molecule has 0 amide bonds. The van der Waals surface area contributed by atoms with Crippen LogP contribution < -0.4 is 4.74 Å². The molecule has 0 radical (unpaired) electrons. The summed E-state index contributed by atoms with van der Waals surface area (Å²) in [5.41, 5.74) is 3.77. The summed E-state index contributed by atoms with van der Waals surface area (Å²) in [5.74, 6) is -1.93. The average molecular weight is 379 g/mol. The van der Waals surface area contributed by atoms with Gasteiger partial charge in [0, 0.05) is 17.3 Å². The van der Waals surface area contributed by atoms with E-state index in [2.05, 4.69) is 17.1 Å². The molecule has 1 aromatic heterocycles. The van der Waals surface area contributed by atoms with Gasteiger partial charge in [-0.3, -0.25) is 4.98 Å². The highest BCUT2D eigenvalue weighted by Gasteiger charge is 2.15. The lowest BCUT2D eigenvalue weighted by atomic mass is 10.0. The largest absolute Gasteiger partial charge is 0.491 e. The molecule has 0 spiro atoms. The fourth-order valence-corrected chi connectivity index (χ4v) is 3.00. The van der Waals surface area contributed by atoms with Gasteiger partial charge in [-0.25, -0.2) is 4.39 Å². The highest BCUT2D eigenvalue weighted by atomic mass is 19.2. The van der Waals surface area contributed by atoms with Gasteiger partial charge in [0.15, 0.2) is 11.6 Å². The number of aromatic nitrogens is 1. The van der Waals surface area contributed by atoms with Crippen LogP contribution in [-0.2, 0) is 6.42 Å². The van der Waals surface area contributed by atoms with Crippen molar-refractivity contribution in [1.82, 2.24) is 4.98 Å². The molecule has 0 aliphatic heterocycles. The summed E-state index contributed by atoms with van der Waals surface area (Å²) in [6.45, 7) is 4.02. The first-order chi connectivity index (χ1) is 13.6. The van der Waals surface area contributed by atoms with E-state index in [0.29, 0.717) is 5.56 Å². The number of allylic oxidation sites excluding steroid dienone is 2. The van der Waals surface area contributed by atoms with Crippen LogP contribution >= 0.6 is 0 Å². The number of benzene rings is 2. The van der Waals surface area contributed by atoms with E-state index in [-0.39, 0.29) is 17.9 Å². The maximum absolute atomic E-state index is 14.4. The molecule has 0 atom stereocenters. The summed E-state index contributed by atoms with van der Waals surface area (Å²) in [6.07, 6.45) is 8.02. The summed E-state index contributed by atoms with van der Waals surface area (Å²) in [7, 11) is 0. The third-order valence-corrected chi connectivity index (χ3v) is 4.50. The van der Waals surface area contributed by atoms with Gasteiger partial charge in [0.1, 0.15) is 0 Å². The number of hydrogen-bond donors (Lipinski definition) is 0. The summed E-state index contributed by atoms with van der Waals surface area (Å²) in [5, 5.41) is 0. The number of ether oxygens (including phenoxy) is 1. The average Bonchev–Trinajstić information content (AvgIpc) is 2.73. The van der Waals surface area contributed by atoms with Crippen molar-refractivity contribution in [3.63, 3.8) is 0 Å². The number of hydrogen-bond acceptors (Lipinski definition) is 2. The fraction of sp³-hybridized carbons (Fsp3) is 0.208. The first-order valence-corrected chi connectivity index (χ1v) is 9.41. The lowest BCUT2D eigenvalue weighted by Gasteiger charge is -2.10. The standard InChI is InChI=1S/C24H23F2NO/c1-3-5-6-7-17-8-14-21(27-16-17)19-11-9-18(10-12-19)20-13-15-22(28-4-2)24(26)23(20)25/h3,5,8-16H,4,6-7H2,1-2H3. The van der Waals surface area contributed by atoms with Crippen molar-refractivity contribution in [1.29, 1.82) is 0 Å². The van der Waals surface area contributed by atoms with Crippen LogP contribution in [0.2, 0.25) is 0 Å². The molecule has 1 heterocycles. The number of rotatable bonds is 7. The Morgan fingerprint density at radius 2 is 1.68 bits per heavy atom. The van der Waals surface area contributed by atoms with E-state index >= 15 is 0 Å². The van der Waals surface area contributed by atoms with Gasteiger partial charge in [0.05, 0.1) is 12.3 Å². The van der Waals surface area contributed by atoms with E-state index in [1.54, 1.807) is 19.1 Å². The second-order valence-electron chi connectivity index (χ2n) is 6.41. The molecule has 2 aromatic carbocycles. The Morgan fingerprint density at radius 1 is 0.929 bits per heavy atom. The van der Waals surface area contributed by atoms with Crippen LogP contribution in [-0.4, -0.2) is 11.6 Å². The molecule has 0 bridgehead atoms. The first kappa shape index (κ1) is 19.7. The molecule has 0 unspecified atom stereocenters. The number of nitrogens with zero attached hydrogens (tertiary/aromatic N) is 1. The zero-order valence-electron chi connectivity index (χ0n) is 16.1. The number of aryl methyl sites for hydroxylation is 1. The van der Waals surface area contributed by atoms with Crippen LogP contribution in [0, 0.1) is 11.6 Å². The topological polar surface area (TPSA) is 22.1 Å². The maximum atomic E-state index is 14.4. The lowest BCUT2D eigenvalue weighted by Crippen LogP contribution is -1.98. The summed E-state index contributed by atoms with van der Waals surface area (Å²) in [4.78, 5) is 4.52. The van der Waals surface area contributed by atoms with Gasteiger partial charge < -0.3 is 4.74 Å². The van der Waals surface area contributed by atoms with Crippen LogP contribution in [0.3, 0.4) is 0 Å². The molecule has 144 valence electrons. The summed E-state index contributed by atoms with van der Waals surface area (Å²) < 4.78 is 33.6. The van der Waals surface area contributed by atoms with Crippen molar-refractivity contribution >= 4 is 0 Å². The minimum atomic E-state index is -0.960. The molecule has 0 saturated heterocycles. The van der Waals surface area contributed by atoms with Crippen molar-refractivity contribution in [3.05, 3.63) is 84.1 Å². The predicted octanol–water partition coefficient (Wildman–Crippen LogP) is 6.60. The second-order valence-corrected chi connectivity index (χ2v) is 6.41. The van der Waals surface area contributed by atoms with E-state index in [1.807, 2.05) is 37.4 Å². The van der Waals surface area contributed by atoms with Crippen molar-refractivity contribution in [2.75, 3.05) is 6.61 Å². The zero-order chi connectivity index (χ0) is 19.9. The minimum Gasteiger partial charge on any atom is -0.491 e. The predicted molar refractivity (Wildman–Crippen MR) is 109 cm³/mol. The van der Waals surface area contributed by atoms with E-state index in [1.165, 1.54) is 17.7 Å². The van der Waals surface area contributed by atoms with Gasteiger partial charge in [-0.05, 0) is 56.0 Å². The Balaban J connectivity index is 1.79. The maximum Gasteiger partial charge on any atom is 0.201 e. The Kier molecular flexibility index (Phi) is 6.53. The van der Waals surface area contributed by atoms with Crippen LogP contribution in [0.4, 0.5) is 8.78 Å². The van der Waals surface area contributed by atoms with Crippen molar-refractivity contribution in [3.8, 4) is 28.1 Å². The van der Waals surface area contributed by atoms with Crippen LogP contribution in [0.15, 0.2) is 66.9 Å². The summed E-state index contributed by atoms with van der Waals surface area (Å²) >= 11 is 0. The molecular formula is C24H23F2NO. The van der Waals surface area contributed by atoms with Crippen LogP contribution in [0.1, 0.15) is 25.8 Å². The highest BCUT2D eigenvalue weighted by molar-refractivity contribution is 5.70. The Hall–Kier alpha value is -3.01. The second kappa shape index (κ2) is 9.27. The first-order valence-electron chi connectivity index (χ1n) is 9.41. The molecular weight excluding hydrogens is 356 g/mol. The molecule has 0 saturated carbocycles. The normalized spacial score (nSPS) is 11.1. The molecule has 28 heavy (non-hydrogen) atoms. The number of pyridine rings is 1. The van der Waals surface area contributed by atoms with Crippen molar-refractivity contribution < 1.29 is 13.5 Å². The van der Waals surface area contributed by atoms with Gasteiger partial charge in [-0.1, -0.05) is 42.5 Å². The smallest absolute Gasteiger partial charge is 0.201 e. The molecule has 3 rings (SSSR count). The zero-order valence-corrected chi connectivity index (χ0v) is 16.1. The molecule has 0 aliphatic carbocycles. The van der Waals surface area contributed by atoms with Gasteiger partial charge in [0.2, 0.25) is 5.82 Å². The quantitative estimate of drug-likeness (QED) is 0.431. The van der Waals surface area contributed by atoms with E-state index < -0.39 is 11.6 Å². The molecule has 0 aliphatic rings. The molecule has 0 fully saturated rings.